The molecule has 0 spiro atoms. The van der Waals surface area contributed by atoms with Crippen molar-refractivity contribution in [2.45, 2.75) is 6.42 Å². The summed E-state index contributed by atoms with van der Waals surface area (Å²) in [7, 11) is 1.51. The molecule has 0 aromatic heterocycles. The van der Waals surface area contributed by atoms with Crippen molar-refractivity contribution < 1.29 is 14.6 Å². The molecule has 0 aliphatic carbocycles. The normalized spacial score (nSPS) is 9.56. The van der Waals surface area contributed by atoms with Gasteiger partial charge in [-0.3, -0.25) is 4.79 Å². The molecule has 1 aromatic rings. The molecular weight excluding hydrogens is 228 g/mol. The van der Waals surface area contributed by atoms with E-state index in [9.17, 15) is 4.79 Å². The van der Waals surface area contributed by atoms with E-state index in [-0.39, 0.29) is 11.5 Å². The summed E-state index contributed by atoms with van der Waals surface area (Å²) in [6.07, 6.45) is -0.0595. The zero-order chi connectivity index (χ0) is 12.1. The van der Waals surface area contributed by atoms with Crippen LogP contribution >= 0.6 is 12.2 Å². The molecule has 6 heteroatoms. The summed E-state index contributed by atoms with van der Waals surface area (Å²) in [5, 5.41) is 11.5. The number of aliphatic carboxylic acids is 1. The number of hydrogen-bond donors (Lipinski definition) is 3. The van der Waals surface area contributed by atoms with Gasteiger partial charge < -0.3 is 20.9 Å². The molecule has 0 saturated heterocycles. The number of benzene rings is 1. The molecule has 1 aromatic carbocycles. The molecule has 0 aliphatic rings. The SMILES string of the molecule is COc1ccc(CC(=O)O)cc1NC(N)=S. The minimum atomic E-state index is -0.897. The average molecular weight is 240 g/mol. The lowest BCUT2D eigenvalue weighted by molar-refractivity contribution is -0.136. The van der Waals surface area contributed by atoms with Crippen LogP contribution in [0.15, 0.2) is 18.2 Å². The fraction of sp³-hybridized carbons (Fsp3) is 0.200. The van der Waals surface area contributed by atoms with Crippen LogP contribution in [-0.2, 0) is 11.2 Å². The Hall–Kier alpha value is -1.82. The highest BCUT2D eigenvalue weighted by Crippen LogP contribution is 2.25. The molecule has 1 rings (SSSR count). The van der Waals surface area contributed by atoms with Gasteiger partial charge in [0, 0.05) is 0 Å². The first-order valence-corrected chi connectivity index (χ1v) is 4.89. The van der Waals surface area contributed by atoms with Gasteiger partial charge in [-0.2, -0.15) is 0 Å². The van der Waals surface area contributed by atoms with Gasteiger partial charge in [-0.05, 0) is 29.9 Å². The van der Waals surface area contributed by atoms with Gasteiger partial charge in [-0.1, -0.05) is 6.07 Å². The van der Waals surface area contributed by atoms with Crippen molar-refractivity contribution in [2.24, 2.45) is 5.73 Å². The van der Waals surface area contributed by atoms with Crippen LogP contribution in [0, 0.1) is 0 Å². The lowest BCUT2D eigenvalue weighted by atomic mass is 10.1. The highest BCUT2D eigenvalue weighted by molar-refractivity contribution is 7.80. The summed E-state index contributed by atoms with van der Waals surface area (Å²) >= 11 is 4.71. The average Bonchev–Trinajstić information content (AvgIpc) is 2.16. The quantitative estimate of drug-likeness (QED) is 0.680. The first-order chi connectivity index (χ1) is 7.52. The minimum absolute atomic E-state index is 0.0595. The molecule has 86 valence electrons. The van der Waals surface area contributed by atoms with Gasteiger partial charge in [0.15, 0.2) is 5.11 Å². The Kier molecular flexibility index (Phi) is 4.07. The van der Waals surface area contributed by atoms with E-state index in [0.29, 0.717) is 17.0 Å². The molecule has 0 atom stereocenters. The number of ether oxygens (including phenoxy) is 1. The topological polar surface area (TPSA) is 84.6 Å². The minimum Gasteiger partial charge on any atom is -0.495 e. The number of hydrogen-bond acceptors (Lipinski definition) is 3. The Morgan fingerprint density at radius 2 is 2.31 bits per heavy atom. The zero-order valence-electron chi connectivity index (χ0n) is 8.69. The second kappa shape index (κ2) is 5.32. The van der Waals surface area contributed by atoms with Crippen LogP contribution in [0.25, 0.3) is 0 Å². The van der Waals surface area contributed by atoms with Crippen molar-refractivity contribution in [2.75, 3.05) is 12.4 Å². The zero-order valence-corrected chi connectivity index (χ0v) is 9.50. The van der Waals surface area contributed by atoms with E-state index in [4.69, 9.17) is 27.8 Å². The summed E-state index contributed by atoms with van der Waals surface area (Å²) in [6.45, 7) is 0. The van der Waals surface area contributed by atoms with Crippen LogP contribution in [0.4, 0.5) is 5.69 Å². The first-order valence-electron chi connectivity index (χ1n) is 4.48. The summed E-state index contributed by atoms with van der Waals surface area (Å²) in [5.74, 6) is -0.339. The van der Waals surface area contributed by atoms with Gasteiger partial charge in [-0.15, -0.1) is 0 Å². The standard InChI is InChI=1S/C10H12N2O3S/c1-15-8-3-2-6(5-9(13)14)4-7(8)12-10(11)16/h2-4H,5H2,1H3,(H,13,14)(H3,11,12,16). The molecule has 0 aliphatic heterocycles. The predicted molar refractivity (Wildman–Crippen MR) is 64.7 cm³/mol. The number of thiocarbonyl (C=S) groups is 1. The number of rotatable bonds is 4. The molecule has 0 unspecified atom stereocenters. The Labute approximate surface area is 98.2 Å². The van der Waals surface area contributed by atoms with E-state index in [1.165, 1.54) is 7.11 Å². The van der Waals surface area contributed by atoms with Crippen molar-refractivity contribution >= 4 is 29.0 Å². The highest BCUT2D eigenvalue weighted by atomic mass is 32.1. The molecule has 0 radical (unpaired) electrons. The number of carbonyl (C=O) groups is 1. The third-order valence-electron chi connectivity index (χ3n) is 1.88. The van der Waals surface area contributed by atoms with Crippen molar-refractivity contribution in [1.29, 1.82) is 0 Å². The molecule has 4 N–H and O–H groups in total. The van der Waals surface area contributed by atoms with Crippen LogP contribution in [0.1, 0.15) is 5.56 Å². The van der Waals surface area contributed by atoms with Crippen LogP contribution in [0.5, 0.6) is 5.75 Å². The number of anilines is 1. The smallest absolute Gasteiger partial charge is 0.307 e. The van der Waals surface area contributed by atoms with Crippen LogP contribution in [0.2, 0.25) is 0 Å². The number of carboxylic acid groups (broad SMARTS) is 1. The maximum atomic E-state index is 10.6. The van der Waals surface area contributed by atoms with E-state index in [1.54, 1.807) is 18.2 Å². The second-order valence-electron chi connectivity index (χ2n) is 3.09. The van der Waals surface area contributed by atoms with Gasteiger partial charge in [0.1, 0.15) is 5.75 Å². The number of carboxylic acids is 1. The van der Waals surface area contributed by atoms with Crippen molar-refractivity contribution in [3.05, 3.63) is 23.8 Å². The third kappa shape index (κ3) is 3.39. The molecule has 16 heavy (non-hydrogen) atoms. The maximum absolute atomic E-state index is 10.6. The molecule has 0 fully saturated rings. The lowest BCUT2D eigenvalue weighted by Gasteiger charge is -2.11. The molecule has 0 saturated carbocycles. The van der Waals surface area contributed by atoms with Gasteiger partial charge >= 0.3 is 5.97 Å². The van der Waals surface area contributed by atoms with Gasteiger partial charge in [0.25, 0.3) is 0 Å². The van der Waals surface area contributed by atoms with Crippen molar-refractivity contribution in [3.63, 3.8) is 0 Å². The van der Waals surface area contributed by atoms with E-state index in [1.807, 2.05) is 0 Å². The molecule has 0 amide bonds. The number of nitrogens with one attached hydrogen (secondary N) is 1. The van der Waals surface area contributed by atoms with Crippen LogP contribution < -0.4 is 15.8 Å². The lowest BCUT2D eigenvalue weighted by Crippen LogP contribution is -2.19. The maximum Gasteiger partial charge on any atom is 0.307 e. The molecule has 0 heterocycles. The first kappa shape index (κ1) is 12.3. The summed E-state index contributed by atoms with van der Waals surface area (Å²) in [5.41, 5.74) is 6.56. The molecular formula is C10H12N2O3S. The highest BCUT2D eigenvalue weighted by Gasteiger charge is 2.07. The van der Waals surface area contributed by atoms with Crippen LogP contribution in [-0.4, -0.2) is 23.3 Å². The second-order valence-corrected chi connectivity index (χ2v) is 3.53. The Balaban J connectivity index is 3.00. The predicted octanol–water partition coefficient (Wildman–Crippen LogP) is 0.978. The summed E-state index contributed by atoms with van der Waals surface area (Å²) < 4.78 is 5.08. The van der Waals surface area contributed by atoms with Crippen molar-refractivity contribution in [3.8, 4) is 5.75 Å². The fourth-order valence-electron chi connectivity index (χ4n) is 1.27. The largest absolute Gasteiger partial charge is 0.495 e. The van der Waals surface area contributed by atoms with E-state index in [0.717, 1.165) is 0 Å². The fourth-order valence-corrected chi connectivity index (χ4v) is 1.38. The van der Waals surface area contributed by atoms with E-state index in [2.05, 4.69) is 5.32 Å². The molecule has 0 bridgehead atoms. The molecule has 5 nitrogen and oxygen atoms in total. The Bertz CT molecular complexity index is 421. The Morgan fingerprint density at radius 3 is 2.81 bits per heavy atom. The monoisotopic (exact) mass is 240 g/mol. The van der Waals surface area contributed by atoms with E-state index < -0.39 is 5.97 Å². The van der Waals surface area contributed by atoms with Gasteiger partial charge in [0.05, 0.1) is 19.2 Å². The number of methoxy groups -OCH3 is 1. The Morgan fingerprint density at radius 1 is 1.62 bits per heavy atom. The summed E-state index contributed by atoms with van der Waals surface area (Å²) in [4.78, 5) is 10.6. The summed E-state index contributed by atoms with van der Waals surface area (Å²) in [6, 6.07) is 4.99. The van der Waals surface area contributed by atoms with Crippen molar-refractivity contribution in [1.82, 2.24) is 0 Å². The van der Waals surface area contributed by atoms with Gasteiger partial charge in [-0.25, -0.2) is 0 Å². The van der Waals surface area contributed by atoms with Crippen LogP contribution in [0.3, 0.4) is 0 Å². The number of nitrogens with two attached hydrogens (primary N) is 1. The van der Waals surface area contributed by atoms with Gasteiger partial charge in [0.2, 0.25) is 0 Å². The third-order valence-corrected chi connectivity index (χ3v) is 1.98. The van der Waals surface area contributed by atoms with E-state index >= 15 is 0 Å².